The van der Waals surface area contributed by atoms with Gasteiger partial charge in [-0.2, -0.15) is 0 Å². The number of hydrogen-bond donors (Lipinski definition) is 0. The van der Waals surface area contributed by atoms with Gasteiger partial charge in [0.25, 0.3) is 5.56 Å². The molecular formula is C10H13BrN2O2. The zero-order valence-electron chi connectivity index (χ0n) is 8.36. The zero-order chi connectivity index (χ0) is 10.7. The van der Waals surface area contributed by atoms with Crippen LogP contribution in [-0.2, 0) is 11.3 Å². The van der Waals surface area contributed by atoms with Crippen molar-refractivity contribution >= 4 is 15.9 Å². The molecule has 0 unspecified atom stereocenters. The molecule has 0 atom stereocenters. The number of rotatable bonds is 2. The number of hydrogen-bond acceptors (Lipinski definition) is 3. The fourth-order valence-electron chi connectivity index (χ4n) is 1.76. The van der Waals surface area contributed by atoms with E-state index in [0.29, 0.717) is 10.4 Å². The van der Waals surface area contributed by atoms with Crippen LogP contribution in [0.4, 0.5) is 0 Å². The van der Waals surface area contributed by atoms with Crippen molar-refractivity contribution in [3.8, 4) is 0 Å². The summed E-state index contributed by atoms with van der Waals surface area (Å²) in [6.45, 7) is 2.36. The van der Waals surface area contributed by atoms with Crippen molar-refractivity contribution in [3.63, 3.8) is 0 Å². The molecule has 0 amide bonds. The molecule has 0 spiro atoms. The lowest BCUT2D eigenvalue weighted by Crippen LogP contribution is -2.27. The van der Waals surface area contributed by atoms with Crippen molar-refractivity contribution < 1.29 is 4.74 Å². The minimum absolute atomic E-state index is 0.00325. The summed E-state index contributed by atoms with van der Waals surface area (Å²) in [6.07, 6.45) is 5.18. The van der Waals surface area contributed by atoms with Gasteiger partial charge in [-0.25, -0.2) is 4.98 Å². The number of ether oxygens (including phenoxy) is 1. The topological polar surface area (TPSA) is 44.1 Å². The second-order valence-electron chi connectivity index (χ2n) is 3.75. The lowest BCUT2D eigenvalue weighted by Gasteiger charge is -2.22. The van der Waals surface area contributed by atoms with Gasteiger partial charge in [-0.3, -0.25) is 9.36 Å². The third-order valence-corrected chi connectivity index (χ3v) is 3.20. The minimum Gasteiger partial charge on any atom is -0.381 e. The van der Waals surface area contributed by atoms with E-state index in [4.69, 9.17) is 4.74 Å². The second-order valence-corrected chi connectivity index (χ2v) is 4.61. The lowest BCUT2D eigenvalue weighted by molar-refractivity contribution is 0.0608. The van der Waals surface area contributed by atoms with Gasteiger partial charge in [0.15, 0.2) is 0 Å². The number of halogens is 1. The lowest BCUT2D eigenvalue weighted by atomic mass is 10.0. The van der Waals surface area contributed by atoms with Crippen LogP contribution < -0.4 is 5.56 Å². The van der Waals surface area contributed by atoms with Crippen molar-refractivity contribution in [2.45, 2.75) is 19.4 Å². The fraction of sp³-hybridized carbons (Fsp3) is 0.600. The van der Waals surface area contributed by atoms with Crippen LogP contribution in [0, 0.1) is 5.92 Å². The van der Waals surface area contributed by atoms with E-state index in [9.17, 15) is 4.79 Å². The molecule has 0 N–H and O–H groups in total. The number of aromatic nitrogens is 2. The molecule has 82 valence electrons. The van der Waals surface area contributed by atoms with E-state index in [-0.39, 0.29) is 5.56 Å². The average Bonchev–Trinajstić information content (AvgIpc) is 2.26. The maximum absolute atomic E-state index is 11.7. The smallest absolute Gasteiger partial charge is 0.267 e. The molecule has 1 aliphatic heterocycles. The van der Waals surface area contributed by atoms with Gasteiger partial charge >= 0.3 is 0 Å². The predicted molar refractivity (Wildman–Crippen MR) is 59.7 cm³/mol. The summed E-state index contributed by atoms with van der Waals surface area (Å²) in [7, 11) is 0. The van der Waals surface area contributed by atoms with Gasteiger partial charge in [-0.15, -0.1) is 0 Å². The monoisotopic (exact) mass is 272 g/mol. The summed E-state index contributed by atoms with van der Waals surface area (Å²) < 4.78 is 7.47. The zero-order valence-corrected chi connectivity index (χ0v) is 9.94. The predicted octanol–water partition coefficient (Wildman–Crippen LogP) is 1.43. The van der Waals surface area contributed by atoms with E-state index in [2.05, 4.69) is 20.9 Å². The van der Waals surface area contributed by atoms with Gasteiger partial charge in [0.05, 0.1) is 6.33 Å². The molecule has 1 saturated heterocycles. The molecular weight excluding hydrogens is 260 g/mol. The molecule has 15 heavy (non-hydrogen) atoms. The Morgan fingerprint density at radius 1 is 1.53 bits per heavy atom. The molecule has 0 saturated carbocycles. The van der Waals surface area contributed by atoms with E-state index in [1.807, 2.05) is 0 Å². The molecule has 2 rings (SSSR count). The maximum Gasteiger partial charge on any atom is 0.267 e. The third kappa shape index (κ3) is 2.66. The van der Waals surface area contributed by atoms with Gasteiger partial charge < -0.3 is 4.74 Å². The van der Waals surface area contributed by atoms with Crippen LogP contribution in [0.5, 0.6) is 0 Å². The van der Waals surface area contributed by atoms with Gasteiger partial charge in [0.1, 0.15) is 4.47 Å². The maximum atomic E-state index is 11.7. The largest absolute Gasteiger partial charge is 0.381 e. The van der Waals surface area contributed by atoms with Crippen LogP contribution in [-0.4, -0.2) is 22.8 Å². The SMILES string of the molecule is O=c1c(Br)cncn1CC1CCOCC1. The summed E-state index contributed by atoms with van der Waals surface area (Å²) >= 11 is 3.19. The Bertz CT molecular complexity index is 385. The Kier molecular flexibility index (Phi) is 3.53. The van der Waals surface area contributed by atoms with Gasteiger partial charge in [-0.1, -0.05) is 0 Å². The molecule has 2 heterocycles. The van der Waals surface area contributed by atoms with Crippen molar-refractivity contribution in [2.75, 3.05) is 13.2 Å². The first-order valence-corrected chi connectivity index (χ1v) is 5.84. The highest BCUT2D eigenvalue weighted by Gasteiger charge is 2.15. The molecule has 4 nitrogen and oxygen atoms in total. The Morgan fingerprint density at radius 2 is 2.27 bits per heavy atom. The van der Waals surface area contributed by atoms with E-state index < -0.39 is 0 Å². The first kappa shape index (κ1) is 10.8. The summed E-state index contributed by atoms with van der Waals surface area (Å²) in [4.78, 5) is 15.7. The normalized spacial score (nSPS) is 17.9. The first-order chi connectivity index (χ1) is 7.27. The highest BCUT2D eigenvalue weighted by Crippen LogP contribution is 2.16. The fourth-order valence-corrected chi connectivity index (χ4v) is 2.11. The van der Waals surface area contributed by atoms with E-state index in [0.717, 1.165) is 32.6 Å². The molecule has 1 fully saturated rings. The van der Waals surface area contributed by atoms with Crippen molar-refractivity contribution in [2.24, 2.45) is 5.92 Å². The molecule has 0 radical (unpaired) electrons. The molecule has 1 aromatic heterocycles. The van der Waals surface area contributed by atoms with E-state index >= 15 is 0 Å². The molecule has 5 heteroatoms. The quantitative estimate of drug-likeness (QED) is 0.818. The van der Waals surface area contributed by atoms with Gasteiger partial charge in [0.2, 0.25) is 0 Å². The van der Waals surface area contributed by atoms with Crippen LogP contribution in [0.1, 0.15) is 12.8 Å². The van der Waals surface area contributed by atoms with Crippen LogP contribution in [0.2, 0.25) is 0 Å². The standard InChI is InChI=1S/C10H13BrN2O2/c11-9-5-12-7-13(10(9)14)6-8-1-3-15-4-2-8/h5,7-8H,1-4,6H2. The van der Waals surface area contributed by atoms with E-state index in [1.54, 1.807) is 10.9 Å². The molecule has 0 aromatic carbocycles. The molecule has 1 aliphatic rings. The van der Waals surface area contributed by atoms with Crippen LogP contribution in [0.25, 0.3) is 0 Å². The molecule has 1 aromatic rings. The van der Waals surface area contributed by atoms with Crippen molar-refractivity contribution in [1.29, 1.82) is 0 Å². The average molecular weight is 273 g/mol. The van der Waals surface area contributed by atoms with Gasteiger partial charge in [-0.05, 0) is 34.7 Å². The van der Waals surface area contributed by atoms with Gasteiger partial charge in [0, 0.05) is 26.0 Å². The summed E-state index contributed by atoms with van der Waals surface area (Å²) in [5, 5.41) is 0. The summed E-state index contributed by atoms with van der Waals surface area (Å²) in [5.74, 6) is 0.535. The van der Waals surface area contributed by atoms with Crippen LogP contribution in [0.15, 0.2) is 21.8 Å². The first-order valence-electron chi connectivity index (χ1n) is 5.05. The van der Waals surface area contributed by atoms with Crippen LogP contribution in [0.3, 0.4) is 0 Å². The Hall–Kier alpha value is -0.680. The minimum atomic E-state index is -0.00325. The van der Waals surface area contributed by atoms with Crippen LogP contribution >= 0.6 is 15.9 Å². The Balaban J connectivity index is 2.09. The Morgan fingerprint density at radius 3 is 3.00 bits per heavy atom. The number of nitrogens with zero attached hydrogens (tertiary/aromatic N) is 2. The van der Waals surface area contributed by atoms with Crippen molar-refractivity contribution in [1.82, 2.24) is 9.55 Å². The highest BCUT2D eigenvalue weighted by molar-refractivity contribution is 9.10. The van der Waals surface area contributed by atoms with E-state index in [1.165, 1.54) is 6.20 Å². The Labute approximate surface area is 96.4 Å². The second kappa shape index (κ2) is 4.90. The molecule has 0 bridgehead atoms. The summed E-state index contributed by atoms with van der Waals surface area (Å²) in [5.41, 5.74) is -0.00325. The third-order valence-electron chi connectivity index (χ3n) is 2.65. The summed E-state index contributed by atoms with van der Waals surface area (Å²) in [6, 6.07) is 0. The molecule has 0 aliphatic carbocycles. The highest BCUT2D eigenvalue weighted by atomic mass is 79.9. The van der Waals surface area contributed by atoms with Crippen molar-refractivity contribution in [3.05, 3.63) is 27.4 Å².